The first-order valence-corrected chi connectivity index (χ1v) is 23.8. The van der Waals surface area contributed by atoms with Gasteiger partial charge in [-0.05, 0) is 121 Å². The van der Waals surface area contributed by atoms with E-state index in [4.69, 9.17) is 24.2 Å². The molecule has 3 aliphatic carbocycles. The number of oxime groups is 1. The molecule has 0 saturated heterocycles. The molecule has 65 heavy (non-hydrogen) atoms. The average molecular weight is 875 g/mol. The first-order chi connectivity index (χ1) is 32.0. The number of hydrogen-bond donors (Lipinski definition) is 2. The van der Waals surface area contributed by atoms with Crippen molar-refractivity contribution in [2.75, 3.05) is 26.4 Å². The van der Waals surface area contributed by atoms with Gasteiger partial charge in [0, 0.05) is 43.6 Å². The van der Waals surface area contributed by atoms with Crippen molar-refractivity contribution in [2.24, 2.45) is 28.8 Å². The summed E-state index contributed by atoms with van der Waals surface area (Å²) in [6.07, 6.45) is 11.0. The minimum Gasteiger partial charge on any atom is -0.459 e. The number of aliphatic hydroxyl groups is 2. The zero-order valence-electron chi connectivity index (χ0n) is 37.5. The summed E-state index contributed by atoms with van der Waals surface area (Å²) >= 11 is 0. The molecule has 338 valence electrons. The second-order valence-corrected chi connectivity index (χ2v) is 18.1. The number of carbonyl (C=O) groups is 1. The molecule has 0 aromatic heterocycles. The summed E-state index contributed by atoms with van der Waals surface area (Å²) in [5.41, 5.74) is 6.15. The van der Waals surface area contributed by atoms with Gasteiger partial charge in [-0.2, -0.15) is 0 Å². The third kappa shape index (κ3) is 9.24. The number of carbonyl (C=O) groups excluding carboxylic acids is 1. The van der Waals surface area contributed by atoms with E-state index in [1.54, 1.807) is 6.08 Å². The molecular formula is C56H62N2O7. The lowest BCUT2D eigenvalue weighted by Gasteiger charge is -2.60. The summed E-state index contributed by atoms with van der Waals surface area (Å²) in [5, 5.41) is 27.2. The van der Waals surface area contributed by atoms with Gasteiger partial charge in [0.1, 0.15) is 29.9 Å². The summed E-state index contributed by atoms with van der Waals surface area (Å²) in [6.45, 7) is 7.26. The molecule has 1 amide bonds. The molecule has 2 saturated carbocycles. The van der Waals surface area contributed by atoms with Crippen LogP contribution >= 0.6 is 0 Å². The summed E-state index contributed by atoms with van der Waals surface area (Å²) in [7, 11) is 0. The second kappa shape index (κ2) is 20.2. The number of benzene rings is 5. The Bertz CT molecular complexity index is 2490. The van der Waals surface area contributed by atoms with Crippen molar-refractivity contribution in [1.82, 2.24) is 4.90 Å². The Kier molecular flexibility index (Phi) is 13.8. The number of nitrogens with zero attached hydrogens (tertiary/aromatic N) is 2. The smallest absolute Gasteiger partial charge is 0.239 e. The van der Waals surface area contributed by atoms with Gasteiger partial charge in [-0.25, -0.2) is 0 Å². The van der Waals surface area contributed by atoms with E-state index >= 15 is 4.79 Å². The van der Waals surface area contributed by atoms with Crippen LogP contribution in [0.15, 0.2) is 145 Å². The summed E-state index contributed by atoms with van der Waals surface area (Å²) in [6, 6.07) is 38.7. The van der Waals surface area contributed by atoms with E-state index in [2.05, 4.69) is 79.4 Å². The Hall–Kier alpha value is -5.74. The van der Waals surface area contributed by atoms with Gasteiger partial charge < -0.3 is 34.2 Å². The number of ether oxygens (including phenoxy) is 3. The molecule has 1 heterocycles. The van der Waals surface area contributed by atoms with E-state index in [9.17, 15) is 10.2 Å². The highest BCUT2D eigenvalue weighted by molar-refractivity contribution is 6.03. The van der Waals surface area contributed by atoms with Crippen molar-refractivity contribution in [3.05, 3.63) is 151 Å². The molecule has 4 aliphatic rings. The molecule has 2 fully saturated rings. The molecule has 1 aliphatic heterocycles. The number of rotatable bonds is 20. The second-order valence-electron chi connectivity index (χ2n) is 18.1. The van der Waals surface area contributed by atoms with Gasteiger partial charge in [-0.15, -0.1) is 6.58 Å². The minimum absolute atomic E-state index is 0.0766. The maximum Gasteiger partial charge on any atom is 0.239 e. The molecule has 2 N–H and O–H groups in total. The van der Waals surface area contributed by atoms with E-state index < -0.39 is 17.7 Å². The topological polar surface area (TPSA) is 110 Å². The normalized spacial score (nSPS) is 23.8. The lowest BCUT2D eigenvalue weighted by molar-refractivity contribution is -0.258. The van der Waals surface area contributed by atoms with E-state index in [1.165, 1.54) is 0 Å². The lowest BCUT2D eigenvalue weighted by Crippen LogP contribution is -2.70. The van der Waals surface area contributed by atoms with Crippen molar-refractivity contribution < 1.29 is 34.1 Å². The van der Waals surface area contributed by atoms with Gasteiger partial charge in [-0.1, -0.05) is 115 Å². The third-order valence-corrected chi connectivity index (χ3v) is 14.0. The van der Waals surface area contributed by atoms with Crippen LogP contribution in [0.25, 0.3) is 21.9 Å². The number of fused-ring (bicyclic) bond motifs is 3. The zero-order chi connectivity index (χ0) is 44.8. The van der Waals surface area contributed by atoms with Crippen LogP contribution in [0.3, 0.4) is 0 Å². The molecule has 5 aromatic carbocycles. The maximum atomic E-state index is 15.1. The van der Waals surface area contributed by atoms with Gasteiger partial charge in [0.2, 0.25) is 11.7 Å². The monoisotopic (exact) mass is 874 g/mol. The van der Waals surface area contributed by atoms with Gasteiger partial charge in [0.15, 0.2) is 0 Å². The Balaban J connectivity index is 1.21. The van der Waals surface area contributed by atoms with Crippen LogP contribution in [0.1, 0.15) is 81.8 Å². The highest BCUT2D eigenvalue weighted by Gasteiger charge is 2.66. The molecule has 0 spiro atoms. The van der Waals surface area contributed by atoms with Crippen molar-refractivity contribution in [3.63, 3.8) is 0 Å². The fourth-order valence-electron chi connectivity index (χ4n) is 10.9. The van der Waals surface area contributed by atoms with Crippen LogP contribution < -0.4 is 9.47 Å². The minimum atomic E-state index is -1.33. The predicted molar refractivity (Wildman–Crippen MR) is 256 cm³/mol. The highest BCUT2D eigenvalue weighted by Crippen LogP contribution is 2.62. The van der Waals surface area contributed by atoms with E-state index in [-0.39, 0.29) is 49.4 Å². The Labute approximate surface area is 383 Å². The van der Waals surface area contributed by atoms with Crippen molar-refractivity contribution in [3.8, 4) is 28.4 Å². The van der Waals surface area contributed by atoms with E-state index in [0.717, 1.165) is 88.6 Å². The standard InChI is InChI=1S/C56H62N2O7/c1-3-33-62-56-52(58(55(61)41-23-24-41)37-43-20-14-19-40-17-8-9-21-46(40)43)36-50(57-63-4-2)48-34-42(18-10-12-31-59)47(22-11-13-32-60)53(54(48)56)49-35-45(29-30-51(49)65-56)64-44-27-25-39(26-28-44)38-15-6-5-7-16-38/h3,5-9,14-17,19-21,25-30,34-35,41-42,47,52-54,59-60H,1,4,10-13,18,22-24,31-33,36-37H2,2H3. The third-order valence-electron chi connectivity index (χ3n) is 14.0. The van der Waals surface area contributed by atoms with Crippen LogP contribution in [0, 0.1) is 23.7 Å². The van der Waals surface area contributed by atoms with Crippen LogP contribution in [-0.2, 0) is 20.9 Å². The van der Waals surface area contributed by atoms with Crippen LogP contribution in [-0.4, -0.2) is 65.0 Å². The maximum absolute atomic E-state index is 15.1. The molecular weight excluding hydrogens is 813 g/mol. The molecule has 6 unspecified atom stereocenters. The number of hydrogen-bond acceptors (Lipinski definition) is 8. The zero-order valence-corrected chi connectivity index (χ0v) is 37.5. The van der Waals surface area contributed by atoms with E-state index in [0.29, 0.717) is 43.9 Å². The number of amides is 1. The van der Waals surface area contributed by atoms with Crippen molar-refractivity contribution in [1.29, 1.82) is 0 Å². The number of unbranched alkanes of at least 4 members (excludes halogenated alkanes) is 2. The summed E-state index contributed by atoms with van der Waals surface area (Å²) in [5.74, 6) is 0.465. The van der Waals surface area contributed by atoms with Gasteiger partial charge >= 0.3 is 0 Å². The fraction of sp³-hybridized carbons (Fsp3) is 0.393. The first-order valence-electron chi connectivity index (χ1n) is 23.8. The van der Waals surface area contributed by atoms with Crippen LogP contribution in [0.4, 0.5) is 0 Å². The molecule has 9 rings (SSSR count). The quantitative estimate of drug-likeness (QED) is 0.0455. The Morgan fingerprint density at radius 2 is 1.58 bits per heavy atom. The largest absolute Gasteiger partial charge is 0.459 e. The molecule has 0 bridgehead atoms. The Morgan fingerprint density at radius 1 is 0.862 bits per heavy atom. The van der Waals surface area contributed by atoms with Gasteiger partial charge in [-0.3, -0.25) is 4.79 Å². The van der Waals surface area contributed by atoms with Gasteiger partial charge in [0.25, 0.3) is 0 Å². The molecule has 0 radical (unpaired) electrons. The van der Waals surface area contributed by atoms with Crippen LogP contribution in [0.5, 0.6) is 17.2 Å². The average Bonchev–Trinajstić information content (AvgIpc) is 4.20. The Morgan fingerprint density at radius 3 is 2.34 bits per heavy atom. The molecule has 9 heteroatoms. The fourth-order valence-corrected chi connectivity index (χ4v) is 10.9. The van der Waals surface area contributed by atoms with Gasteiger partial charge in [0.05, 0.1) is 18.2 Å². The first kappa shape index (κ1) is 44.5. The van der Waals surface area contributed by atoms with Crippen molar-refractivity contribution in [2.45, 2.75) is 89.0 Å². The van der Waals surface area contributed by atoms with E-state index in [1.807, 2.05) is 60.4 Å². The predicted octanol–water partition coefficient (Wildman–Crippen LogP) is 11.4. The van der Waals surface area contributed by atoms with Crippen LogP contribution in [0.2, 0.25) is 0 Å². The molecule has 9 nitrogen and oxygen atoms in total. The summed E-state index contributed by atoms with van der Waals surface area (Å²) in [4.78, 5) is 23.1. The molecule has 6 atom stereocenters. The highest BCUT2D eigenvalue weighted by atomic mass is 16.7. The molecule has 5 aromatic rings. The van der Waals surface area contributed by atoms with Crippen molar-refractivity contribution >= 4 is 22.4 Å². The lowest BCUT2D eigenvalue weighted by atomic mass is 9.55. The SMILES string of the molecule is C=CCOC12Oc3ccc(Oc4ccc(-c5ccccc5)cc4)cc3C3C(CCCCO)C(CCCCO)C=C(C(=NOCC)CC1N(Cc1cccc4ccccc14)C(=O)C1CC1)C32. The number of allylic oxidation sites excluding steroid dienone is 1. The summed E-state index contributed by atoms with van der Waals surface area (Å²) < 4.78 is 21.4. The number of aliphatic hydroxyl groups excluding tert-OH is 2.